The van der Waals surface area contributed by atoms with Crippen molar-refractivity contribution in [3.05, 3.63) is 16.1 Å². The minimum Gasteiger partial charge on any atom is -0.377 e. The molecule has 0 fully saturated rings. The lowest BCUT2D eigenvalue weighted by Crippen LogP contribution is -2.32. The molecule has 0 saturated carbocycles. The average molecular weight is 284 g/mol. The van der Waals surface area contributed by atoms with Crippen LogP contribution >= 0.6 is 11.3 Å². The highest BCUT2D eigenvalue weighted by atomic mass is 32.1. The lowest BCUT2D eigenvalue weighted by molar-refractivity contribution is 0.0489. The number of aromatic nitrogens is 1. The van der Waals surface area contributed by atoms with Crippen molar-refractivity contribution in [2.75, 3.05) is 19.7 Å². The van der Waals surface area contributed by atoms with Crippen molar-refractivity contribution in [2.24, 2.45) is 5.92 Å². The minimum absolute atomic E-state index is 0.344. The highest BCUT2D eigenvalue weighted by Crippen LogP contribution is 2.13. The Morgan fingerprint density at radius 2 is 2.16 bits per heavy atom. The first-order chi connectivity index (χ1) is 9.13. The predicted molar refractivity (Wildman–Crippen MR) is 82.9 cm³/mol. The van der Waals surface area contributed by atoms with E-state index in [1.165, 1.54) is 11.3 Å². The van der Waals surface area contributed by atoms with E-state index in [2.05, 4.69) is 38.0 Å². The van der Waals surface area contributed by atoms with Crippen LogP contribution < -0.4 is 5.32 Å². The number of nitrogens with zero attached hydrogens (tertiary/aromatic N) is 1. The van der Waals surface area contributed by atoms with Crippen LogP contribution in [0.1, 0.15) is 44.2 Å². The first-order valence-electron chi connectivity index (χ1n) is 7.34. The normalized spacial score (nSPS) is 13.1. The van der Waals surface area contributed by atoms with Crippen LogP contribution in [0.3, 0.4) is 0 Å². The van der Waals surface area contributed by atoms with Gasteiger partial charge in [-0.2, -0.15) is 0 Å². The van der Waals surface area contributed by atoms with Gasteiger partial charge in [0, 0.05) is 17.8 Å². The fourth-order valence-electron chi connectivity index (χ4n) is 1.98. The van der Waals surface area contributed by atoms with E-state index in [-0.39, 0.29) is 0 Å². The third kappa shape index (κ3) is 7.04. The summed E-state index contributed by atoms with van der Waals surface area (Å²) in [5, 5.41) is 3.49. The highest BCUT2D eigenvalue weighted by Gasteiger charge is 2.09. The molecule has 1 aromatic rings. The van der Waals surface area contributed by atoms with Crippen molar-refractivity contribution in [3.63, 3.8) is 0 Å². The van der Waals surface area contributed by atoms with E-state index < -0.39 is 0 Å². The van der Waals surface area contributed by atoms with Crippen LogP contribution in [0.4, 0.5) is 0 Å². The summed E-state index contributed by atoms with van der Waals surface area (Å²) in [4.78, 5) is 5.62. The number of aryl methyl sites for hydroxylation is 1. The van der Waals surface area contributed by atoms with Crippen LogP contribution in [-0.4, -0.2) is 30.8 Å². The number of rotatable bonds is 10. The second-order valence-corrected chi connectivity index (χ2v) is 6.38. The van der Waals surface area contributed by atoms with Crippen LogP contribution in [0.25, 0.3) is 0 Å². The summed E-state index contributed by atoms with van der Waals surface area (Å²) in [6.07, 6.45) is 3.64. The standard InChI is InChI=1S/C15H28N2OS/c1-5-6-14(10-16-9-12(2)3)18-8-7-15-13(4)17-11-19-15/h11-12,14,16H,5-10H2,1-4H3. The van der Waals surface area contributed by atoms with Crippen LogP contribution in [0, 0.1) is 12.8 Å². The van der Waals surface area contributed by atoms with E-state index in [4.69, 9.17) is 4.74 Å². The quantitative estimate of drug-likeness (QED) is 0.715. The second-order valence-electron chi connectivity index (χ2n) is 5.44. The third-order valence-corrected chi connectivity index (χ3v) is 4.06. The second kappa shape index (κ2) is 9.45. The summed E-state index contributed by atoms with van der Waals surface area (Å²) in [5.41, 5.74) is 3.07. The van der Waals surface area contributed by atoms with Crippen molar-refractivity contribution in [1.82, 2.24) is 10.3 Å². The Kier molecular flexibility index (Phi) is 8.26. The summed E-state index contributed by atoms with van der Waals surface area (Å²) in [7, 11) is 0. The Labute approximate surface area is 121 Å². The Bertz CT molecular complexity index is 339. The fraction of sp³-hybridized carbons (Fsp3) is 0.800. The summed E-state index contributed by atoms with van der Waals surface area (Å²) >= 11 is 1.73. The van der Waals surface area contributed by atoms with Gasteiger partial charge in [-0.1, -0.05) is 27.2 Å². The van der Waals surface area contributed by atoms with Gasteiger partial charge in [0.1, 0.15) is 0 Å². The molecule has 1 aromatic heterocycles. The van der Waals surface area contributed by atoms with E-state index >= 15 is 0 Å². The Morgan fingerprint density at radius 3 is 2.74 bits per heavy atom. The van der Waals surface area contributed by atoms with E-state index in [9.17, 15) is 0 Å². The molecule has 0 aliphatic carbocycles. The van der Waals surface area contributed by atoms with Gasteiger partial charge in [-0.25, -0.2) is 4.98 Å². The van der Waals surface area contributed by atoms with Crippen molar-refractivity contribution < 1.29 is 4.74 Å². The molecule has 0 aliphatic heterocycles. The summed E-state index contributed by atoms with van der Waals surface area (Å²) < 4.78 is 6.01. The van der Waals surface area contributed by atoms with Crippen LogP contribution in [0.5, 0.6) is 0 Å². The largest absolute Gasteiger partial charge is 0.377 e. The zero-order valence-electron chi connectivity index (χ0n) is 12.7. The van der Waals surface area contributed by atoms with E-state index in [1.807, 2.05) is 5.51 Å². The molecule has 110 valence electrons. The molecule has 1 N–H and O–H groups in total. The first-order valence-corrected chi connectivity index (χ1v) is 8.22. The smallest absolute Gasteiger partial charge is 0.0797 e. The monoisotopic (exact) mass is 284 g/mol. The van der Waals surface area contributed by atoms with Crippen LogP contribution in [0.15, 0.2) is 5.51 Å². The number of ether oxygens (including phenoxy) is 1. The molecule has 0 bridgehead atoms. The molecule has 0 aliphatic rings. The third-order valence-electron chi connectivity index (χ3n) is 3.06. The number of thiazole rings is 1. The van der Waals surface area contributed by atoms with E-state index in [0.717, 1.165) is 38.2 Å². The Morgan fingerprint density at radius 1 is 1.37 bits per heavy atom. The molecule has 1 rings (SSSR count). The molecule has 0 radical (unpaired) electrons. The molecular formula is C15H28N2OS. The molecular weight excluding hydrogens is 256 g/mol. The maximum atomic E-state index is 6.01. The van der Waals surface area contributed by atoms with Gasteiger partial charge >= 0.3 is 0 Å². The van der Waals surface area contributed by atoms with Crippen LogP contribution in [0.2, 0.25) is 0 Å². The van der Waals surface area contributed by atoms with E-state index in [0.29, 0.717) is 12.0 Å². The van der Waals surface area contributed by atoms with Gasteiger partial charge in [-0.05, 0) is 25.8 Å². The molecule has 3 nitrogen and oxygen atoms in total. The van der Waals surface area contributed by atoms with Crippen LogP contribution in [-0.2, 0) is 11.2 Å². The summed E-state index contributed by atoms with van der Waals surface area (Å²) in [5.74, 6) is 0.696. The van der Waals surface area contributed by atoms with Crippen molar-refractivity contribution in [1.29, 1.82) is 0 Å². The van der Waals surface area contributed by atoms with Gasteiger partial charge in [0.2, 0.25) is 0 Å². The van der Waals surface area contributed by atoms with Gasteiger partial charge in [0.25, 0.3) is 0 Å². The number of nitrogens with one attached hydrogen (secondary N) is 1. The van der Waals surface area contributed by atoms with Gasteiger partial charge in [-0.3, -0.25) is 0 Å². The number of hydrogen-bond donors (Lipinski definition) is 1. The fourth-order valence-corrected chi connectivity index (χ4v) is 2.75. The van der Waals surface area contributed by atoms with Crippen molar-refractivity contribution >= 4 is 11.3 Å². The van der Waals surface area contributed by atoms with Gasteiger partial charge in [0.05, 0.1) is 23.9 Å². The molecule has 4 heteroatoms. The maximum absolute atomic E-state index is 6.01. The Hall–Kier alpha value is -0.450. The molecule has 1 heterocycles. The minimum atomic E-state index is 0.344. The summed E-state index contributed by atoms with van der Waals surface area (Å²) in [6.45, 7) is 11.6. The predicted octanol–water partition coefficient (Wildman–Crippen LogP) is 3.42. The SMILES string of the molecule is CCCC(CNCC(C)C)OCCc1scnc1C. The maximum Gasteiger partial charge on any atom is 0.0797 e. The molecule has 0 aromatic carbocycles. The lowest BCUT2D eigenvalue weighted by atomic mass is 10.2. The van der Waals surface area contributed by atoms with Gasteiger partial charge in [-0.15, -0.1) is 11.3 Å². The molecule has 1 atom stereocenters. The zero-order valence-corrected chi connectivity index (χ0v) is 13.6. The van der Waals surface area contributed by atoms with Gasteiger partial charge < -0.3 is 10.1 Å². The van der Waals surface area contributed by atoms with E-state index in [1.54, 1.807) is 11.3 Å². The molecule has 0 spiro atoms. The molecule has 0 amide bonds. The highest BCUT2D eigenvalue weighted by molar-refractivity contribution is 7.09. The first kappa shape index (κ1) is 16.6. The Balaban J connectivity index is 2.23. The molecule has 19 heavy (non-hydrogen) atoms. The topological polar surface area (TPSA) is 34.1 Å². The number of hydrogen-bond acceptors (Lipinski definition) is 4. The molecule has 0 saturated heterocycles. The lowest BCUT2D eigenvalue weighted by Gasteiger charge is -2.18. The van der Waals surface area contributed by atoms with Gasteiger partial charge in [0.15, 0.2) is 0 Å². The molecule has 1 unspecified atom stereocenters. The average Bonchev–Trinajstić information content (AvgIpc) is 2.75. The zero-order chi connectivity index (χ0) is 14.1. The summed E-state index contributed by atoms with van der Waals surface area (Å²) in [6, 6.07) is 0. The van der Waals surface area contributed by atoms with Crippen molar-refractivity contribution in [2.45, 2.75) is 53.1 Å². The van der Waals surface area contributed by atoms with Crippen molar-refractivity contribution in [3.8, 4) is 0 Å².